The Labute approximate surface area is 494 Å². The summed E-state index contributed by atoms with van der Waals surface area (Å²) in [6, 6.07) is 0. The fraction of sp³-hybridized carbons (Fsp3) is 0.949. The second kappa shape index (κ2) is 24.1. The van der Waals surface area contributed by atoms with Crippen molar-refractivity contribution in [2.75, 3.05) is 13.2 Å². The molecule has 0 aromatic heterocycles. The molecule has 10 aliphatic rings. The molecule has 0 aromatic carbocycles. The van der Waals surface area contributed by atoms with Gasteiger partial charge in [-0.15, -0.1) is 0 Å². The van der Waals surface area contributed by atoms with E-state index < -0.39 is 190 Å². The van der Waals surface area contributed by atoms with Gasteiger partial charge in [-0.3, -0.25) is 4.79 Å². The molecule has 33 atom stereocenters. The molecule has 26 heteroatoms. The van der Waals surface area contributed by atoms with E-state index in [0.29, 0.717) is 38.5 Å². The molecule has 0 amide bonds. The number of rotatable bonds is 12. The summed E-state index contributed by atoms with van der Waals surface area (Å²) in [4.78, 5) is 15.2. The van der Waals surface area contributed by atoms with Crippen LogP contribution < -0.4 is 0 Å². The molecule has 85 heavy (non-hydrogen) atoms. The predicted octanol–water partition coefficient (Wildman–Crippen LogP) is -2.20. The number of hydrogen-bond acceptors (Lipinski definition) is 26. The number of aliphatic hydroxyl groups is 15. The van der Waals surface area contributed by atoms with Crippen molar-refractivity contribution >= 4 is 5.97 Å². The second-order valence-corrected chi connectivity index (χ2v) is 28.8. The Morgan fingerprint density at radius 1 is 0.529 bits per heavy atom. The highest BCUT2D eigenvalue weighted by molar-refractivity contribution is 5.79. The zero-order valence-electron chi connectivity index (χ0n) is 50.0. The molecule has 5 aliphatic carbocycles. The molecule has 488 valence electrons. The van der Waals surface area contributed by atoms with E-state index in [1.54, 1.807) is 0 Å². The van der Waals surface area contributed by atoms with Gasteiger partial charge in [-0.1, -0.05) is 60.1 Å². The van der Waals surface area contributed by atoms with Gasteiger partial charge in [0.1, 0.15) is 104 Å². The highest BCUT2D eigenvalue weighted by atomic mass is 16.8. The predicted molar refractivity (Wildman–Crippen MR) is 288 cm³/mol. The van der Waals surface area contributed by atoms with Crippen molar-refractivity contribution in [1.29, 1.82) is 0 Å². The molecule has 9 fully saturated rings. The van der Waals surface area contributed by atoms with Gasteiger partial charge in [0, 0.05) is 0 Å². The molecule has 10 rings (SSSR count). The van der Waals surface area contributed by atoms with Crippen molar-refractivity contribution < 1.29 is 129 Å². The van der Waals surface area contributed by atoms with Crippen LogP contribution in [-0.4, -0.2) is 256 Å². The lowest BCUT2D eigenvalue weighted by Crippen LogP contribution is -2.67. The lowest BCUT2D eigenvalue weighted by Gasteiger charge is -2.71. The number of hydrogen-bond donors (Lipinski definition) is 15. The van der Waals surface area contributed by atoms with Crippen LogP contribution in [0.3, 0.4) is 0 Å². The second-order valence-electron chi connectivity index (χ2n) is 28.8. The molecule has 5 aliphatic heterocycles. The average molecular weight is 1220 g/mol. The molecule has 0 aromatic rings. The smallest absolute Gasteiger partial charge is 0.315 e. The SMILES string of the molecule is C[C@@H]1O[C@@H](O[C@H]2[C@H](O)[C@@H](O)[C@@H](OC[C@H]3O[C@H](OC(=O)[C@]45CCC(C)(C)C[C@@H]4C4=CC[C@@H]6[C@]7(C)CC[C@@H](O[C@H]8O[C@H](O)[C@@H](O)[C@@H](O)[C@H]8O[C@H]8O[C@@H](C)[C@H](O)[C@@H](O)[C@H]8O)C(C)(C)[C@H]7CC[C@@]6(C)[C@]4(C)CC5)[C@H](O)[C@@H](O)[C@@H]3O)O[C@@H]2CO)[C@H](O)[C@H](O)[C@H]1O. The molecule has 0 unspecified atom stereocenters. The third-order valence-electron chi connectivity index (χ3n) is 23.1. The molecule has 26 nitrogen and oxygen atoms in total. The molecule has 4 saturated carbocycles. The highest BCUT2D eigenvalue weighted by Gasteiger charge is 2.70. The monoisotopic (exact) mass is 1220 g/mol. The van der Waals surface area contributed by atoms with Gasteiger partial charge in [-0.2, -0.15) is 0 Å². The Bertz CT molecular complexity index is 2380. The minimum absolute atomic E-state index is 0.0996. The summed E-state index contributed by atoms with van der Waals surface area (Å²) in [5, 5.41) is 162. The molecule has 5 saturated heterocycles. The summed E-state index contributed by atoms with van der Waals surface area (Å²) in [7, 11) is 0. The van der Waals surface area contributed by atoms with Crippen LogP contribution in [0.5, 0.6) is 0 Å². The van der Waals surface area contributed by atoms with Gasteiger partial charge >= 0.3 is 5.97 Å². The molecule has 0 spiro atoms. The first kappa shape index (κ1) is 66.2. The van der Waals surface area contributed by atoms with Gasteiger partial charge in [0.2, 0.25) is 6.29 Å². The molecule has 15 N–H and O–H groups in total. The number of allylic oxidation sites excluding steroid dienone is 2. The Morgan fingerprint density at radius 2 is 1.08 bits per heavy atom. The fourth-order valence-electron chi connectivity index (χ4n) is 17.5. The van der Waals surface area contributed by atoms with Crippen LogP contribution >= 0.6 is 0 Å². The first-order valence-corrected chi connectivity index (χ1v) is 30.6. The van der Waals surface area contributed by atoms with Gasteiger partial charge in [0.25, 0.3) is 0 Å². The Morgan fingerprint density at radius 3 is 1.71 bits per heavy atom. The first-order chi connectivity index (χ1) is 39.7. The molecule has 0 radical (unpaired) electrons. The fourth-order valence-corrected chi connectivity index (χ4v) is 17.5. The summed E-state index contributed by atoms with van der Waals surface area (Å²) in [6.45, 7) is 17.3. The van der Waals surface area contributed by atoms with Crippen molar-refractivity contribution in [3.8, 4) is 0 Å². The van der Waals surface area contributed by atoms with E-state index in [2.05, 4.69) is 54.5 Å². The minimum Gasteiger partial charge on any atom is -0.432 e. The summed E-state index contributed by atoms with van der Waals surface area (Å²) in [5.41, 5.74) is -1.40. The van der Waals surface area contributed by atoms with Crippen molar-refractivity contribution in [3.63, 3.8) is 0 Å². The Hall–Kier alpha value is -1.75. The van der Waals surface area contributed by atoms with Crippen molar-refractivity contribution in [2.45, 2.75) is 286 Å². The van der Waals surface area contributed by atoms with Crippen LogP contribution in [0.1, 0.15) is 127 Å². The van der Waals surface area contributed by atoms with Gasteiger partial charge in [-0.25, -0.2) is 0 Å². The lowest BCUT2D eigenvalue weighted by molar-refractivity contribution is -0.394. The van der Waals surface area contributed by atoms with E-state index in [1.165, 1.54) is 19.4 Å². The first-order valence-electron chi connectivity index (χ1n) is 30.6. The third-order valence-corrected chi connectivity index (χ3v) is 23.1. The van der Waals surface area contributed by atoms with Gasteiger partial charge in [0.05, 0.1) is 36.9 Å². The zero-order chi connectivity index (χ0) is 62.2. The van der Waals surface area contributed by atoms with Crippen LogP contribution in [0.4, 0.5) is 0 Å². The van der Waals surface area contributed by atoms with Crippen molar-refractivity contribution in [1.82, 2.24) is 0 Å². The molecular weight excluding hydrogens is 1120 g/mol. The third kappa shape index (κ3) is 11.1. The molecule has 0 bridgehead atoms. The van der Waals surface area contributed by atoms with E-state index in [9.17, 15) is 76.6 Å². The van der Waals surface area contributed by atoms with Gasteiger partial charge < -0.3 is 124 Å². The maximum Gasteiger partial charge on any atom is 0.315 e. The Balaban J connectivity index is 0.829. The number of carbonyl (C=O) groups excluding carboxylic acids is 1. The maximum atomic E-state index is 15.2. The number of fused-ring (bicyclic) bond motifs is 7. The van der Waals surface area contributed by atoms with Crippen LogP contribution in [-0.2, 0) is 52.2 Å². The van der Waals surface area contributed by atoms with E-state index in [0.717, 1.165) is 25.7 Å². The van der Waals surface area contributed by atoms with E-state index >= 15 is 4.79 Å². The summed E-state index contributed by atoms with van der Waals surface area (Å²) < 4.78 is 59.2. The van der Waals surface area contributed by atoms with E-state index in [1.807, 2.05) is 0 Å². The van der Waals surface area contributed by atoms with Crippen LogP contribution in [0, 0.1) is 50.2 Å². The number of aliphatic hydroxyl groups excluding tert-OH is 15. The summed E-state index contributed by atoms with van der Waals surface area (Å²) in [5.74, 6) is -0.602. The number of esters is 1. The van der Waals surface area contributed by atoms with Gasteiger partial charge in [0.15, 0.2) is 31.5 Å². The zero-order valence-corrected chi connectivity index (χ0v) is 50.0. The Kier molecular flexibility index (Phi) is 18.7. The van der Waals surface area contributed by atoms with Crippen LogP contribution in [0.25, 0.3) is 0 Å². The van der Waals surface area contributed by atoms with Crippen LogP contribution in [0.15, 0.2) is 11.6 Å². The van der Waals surface area contributed by atoms with E-state index in [-0.39, 0.29) is 39.4 Å². The van der Waals surface area contributed by atoms with Crippen molar-refractivity contribution in [2.24, 2.45) is 50.2 Å². The van der Waals surface area contributed by atoms with Crippen molar-refractivity contribution in [3.05, 3.63) is 11.6 Å². The topological polar surface area (TPSA) is 413 Å². The largest absolute Gasteiger partial charge is 0.432 e. The van der Waals surface area contributed by atoms with E-state index in [4.69, 9.17) is 47.4 Å². The molecular formula is C59H96O26. The summed E-state index contributed by atoms with van der Waals surface area (Å²) in [6.07, 6.45) is -31.9. The minimum atomic E-state index is -1.90. The van der Waals surface area contributed by atoms with Gasteiger partial charge in [-0.05, 0) is 123 Å². The lowest BCUT2D eigenvalue weighted by atomic mass is 9.33. The maximum absolute atomic E-state index is 15.2. The summed E-state index contributed by atoms with van der Waals surface area (Å²) >= 11 is 0. The van der Waals surface area contributed by atoms with Crippen LogP contribution in [0.2, 0.25) is 0 Å². The highest BCUT2D eigenvalue weighted by Crippen LogP contribution is 2.76. The average Bonchev–Trinajstić information content (AvgIpc) is 0.739. The quantitative estimate of drug-likeness (QED) is 0.0560. The normalized spacial score (nSPS) is 55.0. The number of ether oxygens (including phenoxy) is 10. The number of carbonyl (C=O) groups is 1. The standard InChI is InChI=1S/C59H96O26/c1-23-32(61)35(64)41(70)49(77-23)82-45-27(21-60)79-48(44(73)39(45)68)76-22-28-34(63)37(66)43(72)51(80-28)85-53(75)59-18-16-54(3,4)20-26(59)25-10-11-30-56(7)14-13-31(55(5,6)29(56)12-15-58(30,9)57(25,8)17-19-59)81-52-46(38(67)40(69)47(74)84-52)83-50-42(71)36(65)33(62)24(2)78-50/h10,23-24,26-52,60-74H,11-22H2,1-9H3/t23-,24-,26+,27+,28+,29+,30+,31+,32-,33-,34+,35+,36+,37-,38+,39+,40-,41+,42+,43+,44+,45+,46+,47-,48-,49-,50+,51+,52-,56+,57+,58+,59-/m0/s1. The molecule has 5 heterocycles.